The normalized spacial score (nSPS) is 28.0. The van der Waals surface area contributed by atoms with Crippen LogP contribution < -0.4 is 5.73 Å². The third kappa shape index (κ3) is 3.12. The molecule has 2 rings (SSSR count). The van der Waals surface area contributed by atoms with Crippen LogP contribution in [0.4, 0.5) is 0 Å². The summed E-state index contributed by atoms with van der Waals surface area (Å²) in [6, 6.07) is 2.48. The van der Waals surface area contributed by atoms with Crippen LogP contribution in [0.3, 0.4) is 0 Å². The van der Waals surface area contributed by atoms with Crippen LogP contribution in [0.5, 0.6) is 0 Å². The number of thiophene rings is 1. The van der Waals surface area contributed by atoms with Crippen molar-refractivity contribution >= 4 is 11.3 Å². The number of rotatable bonds is 3. The number of likely N-dealkylation sites (tertiary alicyclic amines) is 1. The van der Waals surface area contributed by atoms with Gasteiger partial charge >= 0.3 is 0 Å². The zero-order chi connectivity index (χ0) is 13.2. The van der Waals surface area contributed by atoms with E-state index in [1.165, 1.54) is 10.4 Å². The molecule has 3 N–H and O–H groups in total. The molecule has 1 aliphatic rings. The van der Waals surface area contributed by atoms with Crippen LogP contribution in [0, 0.1) is 6.92 Å². The SMILES string of the molecule is Cc1ccsc1C(CN)N1CCCC(C)(O)CC1. The summed E-state index contributed by atoms with van der Waals surface area (Å²) >= 11 is 1.80. The van der Waals surface area contributed by atoms with Gasteiger partial charge in [0, 0.05) is 18.0 Å². The molecule has 102 valence electrons. The average Bonchev–Trinajstić information content (AvgIpc) is 2.64. The molecule has 0 bridgehead atoms. The van der Waals surface area contributed by atoms with Crippen LogP contribution >= 0.6 is 11.3 Å². The van der Waals surface area contributed by atoms with Crippen molar-refractivity contribution in [3.05, 3.63) is 21.9 Å². The van der Waals surface area contributed by atoms with Crippen molar-refractivity contribution in [1.82, 2.24) is 4.90 Å². The molecule has 1 fully saturated rings. The van der Waals surface area contributed by atoms with Gasteiger partial charge in [-0.15, -0.1) is 11.3 Å². The van der Waals surface area contributed by atoms with E-state index in [9.17, 15) is 5.11 Å². The number of aliphatic hydroxyl groups is 1. The Morgan fingerprint density at radius 1 is 1.50 bits per heavy atom. The minimum absolute atomic E-state index is 0.318. The topological polar surface area (TPSA) is 49.5 Å². The molecule has 2 heterocycles. The summed E-state index contributed by atoms with van der Waals surface area (Å²) in [6.45, 7) is 6.73. The molecule has 0 aromatic carbocycles. The lowest BCUT2D eigenvalue weighted by Gasteiger charge is -2.30. The van der Waals surface area contributed by atoms with Crippen LogP contribution in [-0.4, -0.2) is 35.2 Å². The summed E-state index contributed by atoms with van der Waals surface area (Å²) in [5, 5.41) is 12.3. The van der Waals surface area contributed by atoms with Gasteiger partial charge in [0.05, 0.1) is 11.6 Å². The Morgan fingerprint density at radius 3 is 2.89 bits per heavy atom. The molecule has 0 spiro atoms. The standard InChI is InChI=1S/C14H24N2OS/c1-11-4-9-18-13(11)12(10-15)16-7-3-5-14(2,17)6-8-16/h4,9,12,17H,3,5-8,10,15H2,1-2H3. The van der Waals surface area contributed by atoms with Gasteiger partial charge in [0.2, 0.25) is 0 Å². The quantitative estimate of drug-likeness (QED) is 0.884. The first kappa shape index (κ1) is 14.0. The first-order valence-corrected chi connectivity index (χ1v) is 7.62. The molecule has 1 aromatic rings. The van der Waals surface area contributed by atoms with Gasteiger partial charge in [-0.3, -0.25) is 4.90 Å². The van der Waals surface area contributed by atoms with Crippen LogP contribution in [0.25, 0.3) is 0 Å². The van der Waals surface area contributed by atoms with E-state index in [-0.39, 0.29) is 0 Å². The summed E-state index contributed by atoms with van der Waals surface area (Å²) in [6.07, 6.45) is 2.78. The number of hydrogen-bond donors (Lipinski definition) is 2. The van der Waals surface area contributed by atoms with Gasteiger partial charge in [-0.1, -0.05) is 0 Å². The van der Waals surface area contributed by atoms with Crippen molar-refractivity contribution in [1.29, 1.82) is 0 Å². The smallest absolute Gasteiger partial charge is 0.0632 e. The third-order valence-corrected chi connectivity index (χ3v) is 5.09. The second-order valence-corrected chi connectivity index (χ2v) is 6.55. The van der Waals surface area contributed by atoms with E-state index in [2.05, 4.69) is 23.3 Å². The molecule has 18 heavy (non-hydrogen) atoms. The van der Waals surface area contributed by atoms with E-state index in [0.717, 1.165) is 32.4 Å². The summed E-state index contributed by atoms with van der Waals surface area (Å²) in [7, 11) is 0. The summed E-state index contributed by atoms with van der Waals surface area (Å²) in [4.78, 5) is 3.83. The van der Waals surface area contributed by atoms with Crippen LogP contribution in [0.15, 0.2) is 11.4 Å². The first-order chi connectivity index (χ1) is 8.53. The molecule has 2 unspecified atom stereocenters. The summed E-state index contributed by atoms with van der Waals surface area (Å²) in [5.41, 5.74) is 6.82. The Morgan fingerprint density at radius 2 is 2.28 bits per heavy atom. The number of nitrogens with two attached hydrogens (primary N) is 1. The predicted octanol–water partition coefficient (Wildman–Crippen LogP) is 2.29. The monoisotopic (exact) mass is 268 g/mol. The van der Waals surface area contributed by atoms with E-state index < -0.39 is 5.60 Å². The Balaban J connectivity index is 2.11. The van der Waals surface area contributed by atoms with Crippen molar-refractivity contribution in [3.8, 4) is 0 Å². The molecular weight excluding hydrogens is 244 g/mol. The Hall–Kier alpha value is -0.420. The molecule has 0 aliphatic carbocycles. The van der Waals surface area contributed by atoms with E-state index in [1.54, 1.807) is 11.3 Å². The number of hydrogen-bond acceptors (Lipinski definition) is 4. The van der Waals surface area contributed by atoms with Gasteiger partial charge in [0.25, 0.3) is 0 Å². The lowest BCUT2D eigenvalue weighted by molar-refractivity contribution is 0.0431. The van der Waals surface area contributed by atoms with Gasteiger partial charge in [-0.05, 0) is 56.7 Å². The molecule has 0 amide bonds. The highest BCUT2D eigenvalue weighted by Gasteiger charge is 2.29. The van der Waals surface area contributed by atoms with Crippen molar-refractivity contribution < 1.29 is 5.11 Å². The molecule has 0 radical (unpaired) electrons. The molecule has 1 saturated heterocycles. The molecular formula is C14H24N2OS. The highest BCUT2D eigenvalue weighted by molar-refractivity contribution is 7.10. The second-order valence-electron chi connectivity index (χ2n) is 5.61. The van der Waals surface area contributed by atoms with Crippen molar-refractivity contribution in [2.24, 2.45) is 5.73 Å². The van der Waals surface area contributed by atoms with Crippen molar-refractivity contribution in [3.63, 3.8) is 0 Å². The van der Waals surface area contributed by atoms with Crippen LogP contribution in [0.1, 0.15) is 42.7 Å². The maximum absolute atomic E-state index is 10.2. The van der Waals surface area contributed by atoms with E-state index in [4.69, 9.17) is 5.73 Å². The lowest BCUT2D eigenvalue weighted by Crippen LogP contribution is -2.35. The maximum Gasteiger partial charge on any atom is 0.0632 e. The van der Waals surface area contributed by atoms with Crippen molar-refractivity contribution in [2.75, 3.05) is 19.6 Å². The van der Waals surface area contributed by atoms with Crippen LogP contribution in [-0.2, 0) is 0 Å². The Bertz CT molecular complexity index is 389. The van der Waals surface area contributed by atoms with E-state index >= 15 is 0 Å². The lowest BCUT2D eigenvalue weighted by atomic mass is 9.98. The zero-order valence-electron chi connectivity index (χ0n) is 11.4. The first-order valence-electron chi connectivity index (χ1n) is 6.74. The fourth-order valence-corrected chi connectivity index (χ4v) is 3.82. The highest BCUT2D eigenvalue weighted by Crippen LogP contribution is 2.31. The Labute approximate surface area is 114 Å². The minimum Gasteiger partial charge on any atom is -0.390 e. The van der Waals surface area contributed by atoms with Crippen LogP contribution in [0.2, 0.25) is 0 Å². The van der Waals surface area contributed by atoms with E-state index in [1.807, 2.05) is 6.92 Å². The Kier molecular flexibility index (Phi) is 4.43. The van der Waals surface area contributed by atoms with Gasteiger partial charge < -0.3 is 10.8 Å². The van der Waals surface area contributed by atoms with Gasteiger partial charge in [0.15, 0.2) is 0 Å². The molecule has 0 saturated carbocycles. The molecule has 3 nitrogen and oxygen atoms in total. The molecule has 4 heteroatoms. The van der Waals surface area contributed by atoms with Crippen molar-refractivity contribution in [2.45, 2.75) is 44.8 Å². The molecule has 1 aliphatic heterocycles. The fraction of sp³-hybridized carbons (Fsp3) is 0.714. The maximum atomic E-state index is 10.2. The average molecular weight is 268 g/mol. The minimum atomic E-state index is -0.502. The van der Waals surface area contributed by atoms with Gasteiger partial charge in [0.1, 0.15) is 0 Å². The van der Waals surface area contributed by atoms with Gasteiger partial charge in [-0.25, -0.2) is 0 Å². The van der Waals surface area contributed by atoms with E-state index in [0.29, 0.717) is 12.6 Å². The summed E-state index contributed by atoms with van der Waals surface area (Å²) < 4.78 is 0. The summed E-state index contributed by atoms with van der Waals surface area (Å²) in [5.74, 6) is 0. The number of nitrogens with zero attached hydrogens (tertiary/aromatic N) is 1. The zero-order valence-corrected chi connectivity index (χ0v) is 12.2. The van der Waals surface area contributed by atoms with Gasteiger partial charge in [-0.2, -0.15) is 0 Å². The molecule has 2 atom stereocenters. The molecule has 1 aromatic heterocycles. The predicted molar refractivity (Wildman–Crippen MR) is 76.9 cm³/mol. The largest absolute Gasteiger partial charge is 0.390 e. The highest BCUT2D eigenvalue weighted by atomic mass is 32.1. The third-order valence-electron chi connectivity index (χ3n) is 3.97. The second kappa shape index (κ2) is 5.70. The fourth-order valence-electron chi connectivity index (χ4n) is 2.74. The number of aryl methyl sites for hydroxylation is 1.